The van der Waals surface area contributed by atoms with Gasteiger partial charge >= 0.3 is 0 Å². The van der Waals surface area contributed by atoms with Crippen LogP contribution in [0.3, 0.4) is 0 Å². The Labute approximate surface area is 102 Å². The van der Waals surface area contributed by atoms with Crippen LogP contribution in [0, 0.1) is 6.92 Å². The molecule has 1 aromatic carbocycles. The highest BCUT2D eigenvalue weighted by Gasteiger charge is 2.09. The molecular weight excluding hydrogens is 238 g/mol. The van der Waals surface area contributed by atoms with Crippen LogP contribution in [0.25, 0.3) is 0 Å². The van der Waals surface area contributed by atoms with Gasteiger partial charge in [0.05, 0.1) is 0 Å². The predicted molar refractivity (Wildman–Crippen MR) is 66.4 cm³/mol. The van der Waals surface area contributed by atoms with Crippen molar-refractivity contribution in [2.75, 3.05) is 17.7 Å². The molecule has 0 aliphatic carbocycles. The minimum atomic E-state index is -0.214. The van der Waals surface area contributed by atoms with Crippen LogP contribution in [-0.2, 0) is 0 Å². The molecule has 1 amide bonds. The van der Waals surface area contributed by atoms with Crippen LogP contribution >= 0.6 is 11.5 Å². The number of hydrogen-bond donors (Lipinski definition) is 2. The summed E-state index contributed by atoms with van der Waals surface area (Å²) in [4.78, 5) is 11.8. The average molecular weight is 249 g/mol. The molecule has 0 aliphatic rings. The van der Waals surface area contributed by atoms with Crippen LogP contribution in [0.2, 0.25) is 0 Å². The molecule has 0 aliphatic heterocycles. The van der Waals surface area contributed by atoms with E-state index in [1.807, 2.05) is 26.1 Å². The first kappa shape index (κ1) is 11.5. The van der Waals surface area contributed by atoms with Crippen LogP contribution < -0.4 is 10.6 Å². The second kappa shape index (κ2) is 4.88. The Morgan fingerprint density at radius 3 is 2.82 bits per heavy atom. The number of aromatic nitrogens is 3. The van der Waals surface area contributed by atoms with Crippen molar-refractivity contribution in [2.45, 2.75) is 6.92 Å². The molecule has 1 aromatic heterocycles. The summed E-state index contributed by atoms with van der Waals surface area (Å²) in [7, 11) is 1.84. The van der Waals surface area contributed by atoms with Crippen molar-refractivity contribution in [1.82, 2.24) is 14.8 Å². The second-order valence-corrected chi connectivity index (χ2v) is 4.13. The van der Waals surface area contributed by atoms with Crippen molar-refractivity contribution < 1.29 is 4.79 Å². The minimum absolute atomic E-state index is 0.214. The van der Waals surface area contributed by atoms with E-state index >= 15 is 0 Å². The number of anilines is 2. The molecule has 0 saturated carbocycles. The first-order valence-electron chi connectivity index (χ1n) is 4.95. The molecule has 0 spiro atoms. The highest BCUT2D eigenvalue weighted by Crippen LogP contribution is 2.17. The molecule has 2 N–H and O–H groups in total. The molecule has 1 heterocycles. The quantitative estimate of drug-likeness (QED) is 0.862. The summed E-state index contributed by atoms with van der Waals surface area (Å²) in [6, 6.07) is 5.43. The number of hydrogen-bond acceptors (Lipinski definition) is 6. The molecule has 0 unspecified atom stereocenters. The summed E-state index contributed by atoms with van der Waals surface area (Å²) in [5, 5.41) is 13.1. The highest BCUT2D eigenvalue weighted by atomic mass is 32.1. The zero-order chi connectivity index (χ0) is 12.3. The number of aryl methyl sites for hydroxylation is 1. The Morgan fingerprint density at radius 1 is 1.41 bits per heavy atom. The van der Waals surface area contributed by atoms with Crippen LogP contribution in [0.15, 0.2) is 18.2 Å². The summed E-state index contributed by atoms with van der Waals surface area (Å²) in [6.07, 6.45) is 0. The maximum atomic E-state index is 11.8. The highest BCUT2D eigenvalue weighted by molar-refractivity contribution is 7.09. The van der Waals surface area contributed by atoms with Crippen LogP contribution in [0.4, 0.5) is 10.8 Å². The molecule has 7 heteroatoms. The normalized spacial score (nSPS) is 10.0. The third-order valence-corrected chi connectivity index (χ3v) is 2.79. The van der Waals surface area contributed by atoms with Gasteiger partial charge in [0.2, 0.25) is 5.13 Å². The van der Waals surface area contributed by atoms with Crippen molar-refractivity contribution >= 4 is 28.3 Å². The summed E-state index contributed by atoms with van der Waals surface area (Å²) in [5.41, 5.74) is 2.59. The molecule has 0 bridgehead atoms. The summed E-state index contributed by atoms with van der Waals surface area (Å²) in [5.74, 6) is -0.214. The smallest absolute Gasteiger partial charge is 0.257 e. The van der Waals surface area contributed by atoms with Crippen LogP contribution in [-0.4, -0.2) is 27.8 Å². The number of amides is 1. The van der Waals surface area contributed by atoms with Gasteiger partial charge in [-0.1, -0.05) is 9.59 Å². The molecule has 0 radical (unpaired) electrons. The zero-order valence-corrected chi connectivity index (χ0v) is 10.2. The molecule has 6 nitrogen and oxygen atoms in total. The van der Waals surface area contributed by atoms with E-state index in [4.69, 9.17) is 0 Å². The van der Waals surface area contributed by atoms with E-state index in [9.17, 15) is 4.79 Å². The van der Waals surface area contributed by atoms with E-state index in [0.29, 0.717) is 10.7 Å². The number of carbonyl (C=O) groups excluding carboxylic acids is 1. The Morgan fingerprint density at radius 2 is 2.24 bits per heavy atom. The van der Waals surface area contributed by atoms with Gasteiger partial charge in [-0.2, -0.15) is 0 Å². The lowest BCUT2D eigenvalue weighted by molar-refractivity contribution is 0.102. The molecule has 2 aromatic rings. The van der Waals surface area contributed by atoms with Crippen LogP contribution in [0.1, 0.15) is 15.9 Å². The fraction of sp³-hybridized carbons (Fsp3) is 0.200. The van der Waals surface area contributed by atoms with E-state index in [1.54, 1.807) is 6.07 Å². The van der Waals surface area contributed by atoms with Crippen molar-refractivity contribution in [3.8, 4) is 0 Å². The Kier molecular flexibility index (Phi) is 3.29. The summed E-state index contributed by atoms with van der Waals surface area (Å²) in [6.45, 7) is 1.94. The molecule has 0 fully saturated rings. The van der Waals surface area contributed by atoms with Crippen LogP contribution in [0.5, 0.6) is 0 Å². The van der Waals surface area contributed by atoms with Crippen molar-refractivity contribution in [1.29, 1.82) is 0 Å². The summed E-state index contributed by atoms with van der Waals surface area (Å²) >= 11 is 1.04. The first-order valence-corrected chi connectivity index (χ1v) is 5.73. The molecule has 2 rings (SSSR count). The van der Waals surface area contributed by atoms with E-state index in [0.717, 1.165) is 22.8 Å². The van der Waals surface area contributed by atoms with Gasteiger partial charge in [0.15, 0.2) is 0 Å². The third-order valence-electron chi connectivity index (χ3n) is 2.28. The average Bonchev–Trinajstić information content (AvgIpc) is 2.81. The monoisotopic (exact) mass is 249 g/mol. The second-order valence-electron chi connectivity index (χ2n) is 3.40. The molecular formula is C10H11N5OS. The maximum Gasteiger partial charge on any atom is 0.257 e. The fourth-order valence-corrected chi connectivity index (χ4v) is 1.80. The molecule has 88 valence electrons. The van der Waals surface area contributed by atoms with Crippen molar-refractivity contribution in [3.63, 3.8) is 0 Å². The third kappa shape index (κ3) is 2.56. The predicted octanol–water partition coefficient (Wildman–Crippen LogP) is 1.54. The SMILES string of the molecule is CNc1ccc(C(=O)Nc2nnns2)cc1C. The van der Waals surface area contributed by atoms with Gasteiger partial charge in [0, 0.05) is 29.8 Å². The van der Waals surface area contributed by atoms with Gasteiger partial charge in [0.1, 0.15) is 0 Å². The van der Waals surface area contributed by atoms with Gasteiger partial charge in [-0.3, -0.25) is 10.1 Å². The van der Waals surface area contributed by atoms with E-state index in [-0.39, 0.29) is 5.91 Å². The topological polar surface area (TPSA) is 79.8 Å². The molecule has 0 saturated heterocycles. The number of nitrogens with zero attached hydrogens (tertiary/aromatic N) is 3. The lowest BCUT2D eigenvalue weighted by Crippen LogP contribution is -2.12. The number of rotatable bonds is 3. The number of benzene rings is 1. The summed E-state index contributed by atoms with van der Waals surface area (Å²) < 4.78 is 3.57. The largest absolute Gasteiger partial charge is 0.388 e. The Hall–Kier alpha value is -2.02. The zero-order valence-electron chi connectivity index (χ0n) is 9.39. The van der Waals surface area contributed by atoms with Gasteiger partial charge < -0.3 is 5.32 Å². The minimum Gasteiger partial charge on any atom is -0.388 e. The molecule has 17 heavy (non-hydrogen) atoms. The fourth-order valence-electron chi connectivity index (χ4n) is 1.44. The number of nitrogens with one attached hydrogen (secondary N) is 2. The van der Waals surface area contributed by atoms with Crippen molar-refractivity contribution in [2.24, 2.45) is 0 Å². The standard InChI is InChI=1S/C10H11N5OS/c1-6-5-7(3-4-8(6)11-2)9(16)12-10-13-14-15-17-10/h3-5,11H,1-2H3,(H,12,13,15,16). The van der Waals surface area contributed by atoms with Gasteiger partial charge in [0.25, 0.3) is 5.91 Å². The molecule has 0 atom stereocenters. The lowest BCUT2D eigenvalue weighted by atomic mass is 10.1. The van der Waals surface area contributed by atoms with E-state index < -0.39 is 0 Å². The maximum absolute atomic E-state index is 11.8. The Balaban J connectivity index is 2.17. The van der Waals surface area contributed by atoms with Crippen molar-refractivity contribution in [3.05, 3.63) is 29.3 Å². The number of carbonyl (C=O) groups is 1. The van der Waals surface area contributed by atoms with Gasteiger partial charge in [-0.15, -0.1) is 0 Å². The first-order chi connectivity index (χ1) is 8.20. The van der Waals surface area contributed by atoms with Gasteiger partial charge in [-0.25, -0.2) is 0 Å². The Bertz CT molecular complexity index is 525. The van der Waals surface area contributed by atoms with E-state index in [2.05, 4.69) is 25.4 Å². The van der Waals surface area contributed by atoms with E-state index in [1.165, 1.54) is 0 Å². The van der Waals surface area contributed by atoms with Gasteiger partial charge in [-0.05, 0) is 35.9 Å². The lowest BCUT2D eigenvalue weighted by Gasteiger charge is -2.07.